The Bertz CT molecular complexity index is 709. The van der Waals surface area contributed by atoms with Crippen molar-refractivity contribution in [2.45, 2.75) is 12.6 Å². The lowest BCUT2D eigenvalue weighted by Gasteiger charge is -2.23. The van der Waals surface area contributed by atoms with Crippen LogP contribution in [0.4, 0.5) is 0 Å². The lowest BCUT2D eigenvalue weighted by Crippen LogP contribution is -2.30. The Kier molecular flexibility index (Phi) is 5.45. The number of nitrogens with zero attached hydrogens (tertiary/aromatic N) is 4. The third-order valence-corrected chi connectivity index (χ3v) is 5.31. The van der Waals surface area contributed by atoms with Crippen LogP contribution in [-0.4, -0.2) is 40.5 Å². The van der Waals surface area contributed by atoms with Crippen molar-refractivity contribution in [1.82, 2.24) is 25.2 Å². The van der Waals surface area contributed by atoms with Gasteiger partial charge in [-0.15, -0.1) is 22.7 Å². The summed E-state index contributed by atoms with van der Waals surface area (Å²) < 4.78 is 0. The van der Waals surface area contributed by atoms with Gasteiger partial charge in [0.05, 0.1) is 11.7 Å². The Morgan fingerprint density at radius 3 is 2.70 bits per heavy atom. The van der Waals surface area contributed by atoms with Crippen molar-refractivity contribution < 1.29 is 0 Å². The van der Waals surface area contributed by atoms with E-state index in [-0.39, 0.29) is 0 Å². The minimum Gasteiger partial charge on any atom is -0.309 e. The molecule has 1 N–H and O–H groups in total. The molecule has 0 aromatic carbocycles. The molecule has 0 bridgehead atoms. The van der Waals surface area contributed by atoms with Crippen LogP contribution < -0.4 is 5.32 Å². The van der Waals surface area contributed by atoms with Crippen molar-refractivity contribution in [2.24, 2.45) is 0 Å². The molecule has 0 aliphatic heterocycles. The number of likely N-dealkylation sites (N-methyl/N-ethyl adjacent to an activating group) is 1. The van der Waals surface area contributed by atoms with Crippen LogP contribution in [0.15, 0.2) is 41.4 Å². The molecule has 3 aromatic heterocycles. The summed E-state index contributed by atoms with van der Waals surface area (Å²) in [5.41, 5.74) is 1.03. The molecule has 1 atom stereocenters. The van der Waals surface area contributed by atoms with Crippen LogP contribution in [0, 0.1) is 0 Å². The molecule has 0 aliphatic carbocycles. The molecule has 0 spiro atoms. The highest BCUT2D eigenvalue weighted by Gasteiger charge is 2.15. The monoisotopic (exact) mass is 345 g/mol. The van der Waals surface area contributed by atoms with Gasteiger partial charge in [0.2, 0.25) is 0 Å². The molecule has 0 amide bonds. The number of thiazole rings is 1. The Labute approximate surface area is 144 Å². The zero-order valence-electron chi connectivity index (χ0n) is 13.1. The molecule has 7 heteroatoms. The quantitative estimate of drug-likeness (QED) is 0.713. The van der Waals surface area contributed by atoms with Gasteiger partial charge in [-0.1, -0.05) is 6.07 Å². The lowest BCUT2D eigenvalue weighted by molar-refractivity contribution is 0.292. The molecular weight excluding hydrogens is 326 g/mol. The molecule has 23 heavy (non-hydrogen) atoms. The van der Waals surface area contributed by atoms with E-state index < -0.39 is 0 Å². The van der Waals surface area contributed by atoms with Gasteiger partial charge in [0.15, 0.2) is 10.8 Å². The van der Waals surface area contributed by atoms with Crippen LogP contribution in [-0.2, 0) is 6.54 Å². The largest absolute Gasteiger partial charge is 0.309 e. The Morgan fingerprint density at radius 2 is 2.00 bits per heavy atom. The van der Waals surface area contributed by atoms with Gasteiger partial charge in [-0.05, 0) is 31.6 Å². The number of hydrogen-bond acceptors (Lipinski definition) is 7. The third-order valence-electron chi connectivity index (χ3n) is 3.45. The second kappa shape index (κ2) is 7.74. The smallest absolute Gasteiger partial charge is 0.188 e. The second-order valence-corrected chi connectivity index (χ2v) is 7.18. The first kappa shape index (κ1) is 16.2. The normalized spacial score (nSPS) is 12.7. The summed E-state index contributed by atoms with van der Waals surface area (Å²) in [4.78, 5) is 16.7. The van der Waals surface area contributed by atoms with Crippen molar-refractivity contribution in [3.63, 3.8) is 0 Å². The Hall–Kier alpha value is -1.67. The fourth-order valence-corrected chi connectivity index (χ4v) is 3.94. The summed E-state index contributed by atoms with van der Waals surface area (Å²) in [7, 11) is 4.22. The van der Waals surface area contributed by atoms with E-state index >= 15 is 0 Å². The van der Waals surface area contributed by atoms with Crippen molar-refractivity contribution in [3.8, 4) is 10.8 Å². The van der Waals surface area contributed by atoms with E-state index in [1.54, 1.807) is 35.1 Å². The van der Waals surface area contributed by atoms with Crippen LogP contribution in [0.5, 0.6) is 0 Å². The molecule has 3 aromatic rings. The van der Waals surface area contributed by atoms with E-state index in [0.29, 0.717) is 11.9 Å². The van der Waals surface area contributed by atoms with Gasteiger partial charge in [0.1, 0.15) is 0 Å². The number of thiophene rings is 1. The summed E-state index contributed by atoms with van der Waals surface area (Å²) in [6, 6.07) is 6.48. The molecule has 0 fully saturated rings. The van der Waals surface area contributed by atoms with E-state index in [4.69, 9.17) is 0 Å². The van der Waals surface area contributed by atoms with Crippen LogP contribution >= 0.6 is 22.7 Å². The molecule has 0 saturated carbocycles. The van der Waals surface area contributed by atoms with E-state index in [1.165, 1.54) is 4.88 Å². The van der Waals surface area contributed by atoms with Crippen LogP contribution in [0.1, 0.15) is 16.6 Å². The van der Waals surface area contributed by atoms with Gasteiger partial charge >= 0.3 is 0 Å². The van der Waals surface area contributed by atoms with E-state index in [2.05, 4.69) is 62.2 Å². The summed E-state index contributed by atoms with van der Waals surface area (Å²) in [5, 5.41) is 8.56. The van der Waals surface area contributed by atoms with Crippen molar-refractivity contribution in [2.75, 3.05) is 20.6 Å². The average Bonchev–Trinajstić information content (AvgIpc) is 3.24. The number of aromatic nitrogens is 3. The second-order valence-electron chi connectivity index (χ2n) is 5.34. The molecule has 0 radical (unpaired) electrons. The summed E-state index contributed by atoms with van der Waals surface area (Å²) in [6.07, 6.45) is 3.48. The highest BCUT2D eigenvalue weighted by Crippen LogP contribution is 2.23. The zero-order valence-corrected chi connectivity index (χ0v) is 14.8. The van der Waals surface area contributed by atoms with Crippen molar-refractivity contribution in [1.29, 1.82) is 0 Å². The van der Waals surface area contributed by atoms with Gasteiger partial charge in [-0.2, -0.15) is 0 Å². The van der Waals surface area contributed by atoms with Gasteiger partial charge < -0.3 is 10.2 Å². The van der Waals surface area contributed by atoms with Crippen LogP contribution in [0.25, 0.3) is 10.8 Å². The predicted molar refractivity (Wildman–Crippen MR) is 95.6 cm³/mol. The molecule has 0 saturated heterocycles. The minimum absolute atomic E-state index is 0.380. The average molecular weight is 345 g/mol. The van der Waals surface area contributed by atoms with Crippen molar-refractivity contribution in [3.05, 3.63) is 51.9 Å². The first-order valence-electron chi connectivity index (χ1n) is 7.36. The van der Waals surface area contributed by atoms with Gasteiger partial charge in [-0.3, -0.25) is 0 Å². The molecule has 5 nitrogen and oxygen atoms in total. The maximum Gasteiger partial charge on any atom is 0.188 e. The number of nitrogens with one attached hydrogen (secondary N) is 1. The summed E-state index contributed by atoms with van der Waals surface area (Å²) in [5.74, 6) is 0.688. The first-order valence-corrected chi connectivity index (χ1v) is 9.12. The fraction of sp³-hybridized carbons (Fsp3) is 0.312. The fourth-order valence-electron chi connectivity index (χ4n) is 2.26. The molecule has 120 valence electrons. The number of rotatable bonds is 7. The van der Waals surface area contributed by atoms with E-state index in [1.807, 2.05) is 6.07 Å². The molecule has 1 unspecified atom stereocenters. The van der Waals surface area contributed by atoms with Crippen LogP contribution in [0.3, 0.4) is 0 Å². The molecular formula is C16H19N5S2. The topological polar surface area (TPSA) is 53.9 Å². The van der Waals surface area contributed by atoms with Gasteiger partial charge in [-0.25, -0.2) is 15.0 Å². The number of hydrogen-bond donors (Lipinski definition) is 1. The minimum atomic E-state index is 0.380. The maximum atomic E-state index is 4.60. The van der Waals surface area contributed by atoms with Gasteiger partial charge in [0, 0.05) is 35.7 Å². The molecule has 0 aliphatic rings. The standard InChI is InChI=1S/C16H19N5S2/c1-21(2)13(14-5-3-8-22-14)10-17-9-12-11-23-16(20-12)15-18-6-4-7-19-15/h3-8,11,13,17H,9-10H2,1-2H3. The zero-order chi connectivity index (χ0) is 16.1. The summed E-state index contributed by atoms with van der Waals surface area (Å²) >= 11 is 3.38. The molecule has 3 rings (SSSR count). The van der Waals surface area contributed by atoms with Gasteiger partial charge in [0.25, 0.3) is 0 Å². The molecule has 3 heterocycles. The SMILES string of the molecule is CN(C)C(CNCc1csc(-c2ncccn2)n1)c1cccs1. The Balaban J connectivity index is 1.57. The highest BCUT2D eigenvalue weighted by molar-refractivity contribution is 7.13. The highest BCUT2D eigenvalue weighted by atomic mass is 32.1. The maximum absolute atomic E-state index is 4.60. The Morgan fingerprint density at radius 1 is 1.17 bits per heavy atom. The van der Waals surface area contributed by atoms with Crippen LogP contribution in [0.2, 0.25) is 0 Å². The lowest BCUT2D eigenvalue weighted by atomic mass is 10.2. The predicted octanol–water partition coefficient (Wildman–Crippen LogP) is 3.05. The van der Waals surface area contributed by atoms with E-state index in [0.717, 1.165) is 23.8 Å². The third kappa shape index (κ3) is 4.20. The van der Waals surface area contributed by atoms with Crippen molar-refractivity contribution >= 4 is 22.7 Å². The summed E-state index contributed by atoms with van der Waals surface area (Å²) in [6.45, 7) is 1.64. The van der Waals surface area contributed by atoms with E-state index in [9.17, 15) is 0 Å². The first-order chi connectivity index (χ1) is 11.2.